The molecule has 66 valence electrons. The molecule has 0 unspecified atom stereocenters. The molecule has 0 spiro atoms. The lowest BCUT2D eigenvalue weighted by molar-refractivity contribution is 0.111. The van der Waals surface area contributed by atoms with Crippen LogP contribution in [0.2, 0.25) is 0 Å². The van der Waals surface area contributed by atoms with E-state index in [-0.39, 0.29) is 11.7 Å². The first-order chi connectivity index (χ1) is 6.22. The normalized spacial score (nSPS) is 10.5. The van der Waals surface area contributed by atoms with Crippen molar-refractivity contribution in [3.05, 3.63) is 18.1 Å². The van der Waals surface area contributed by atoms with Gasteiger partial charge in [0.25, 0.3) is 0 Å². The number of hydrogen-bond acceptors (Lipinski definition) is 5. The van der Waals surface area contributed by atoms with Crippen LogP contribution in [-0.4, -0.2) is 25.8 Å². The van der Waals surface area contributed by atoms with E-state index in [0.29, 0.717) is 17.6 Å². The van der Waals surface area contributed by atoms with E-state index in [1.165, 1.54) is 16.8 Å². The van der Waals surface area contributed by atoms with Gasteiger partial charge in [0.05, 0.1) is 12.4 Å². The standard InChI is InChI=1S/C7H6N4O2/c8-6-7-9-1-4(3-12)11(7)2-5(13)10-6/h1-3,13H,(H2,8,10). The highest BCUT2D eigenvalue weighted by Crippen LogP contribution is 2.15. The summed E-state index contributed by atoms with van der Waals surface area (Å²) in [5.74, 6) is -0.154. The van der Waals surface area contributed by atoms with Crippen molar-refractivity contribution in [2.75, 3.05) is 5.73 Å². The average molecular weight is 178 g/mol. The van der Waals surface area contributed by atoms with E-state index in [1.807, 2.05) is 0 Å². The summed E-state index contributed by atoms with van der Waals surface area (Å²) >= 11 is 0. The Morgan fingerprint density at radius 1 is 1.62 bits per heavy atom. The fourth-order valence-corrected chi connectivity index (χ4v) is 1.10. The summed E-state index contributed by atoms with van der Waals surface area (Å²) in [6, 6.07) is 0. The van der Waals surface area contributed by atoms with E-state index >= 15 is 0 Å². The number of hydrogen-bond donors (Lipinski definition) is 2. The second-order valence-corrected chi connectivity index (χ2v) is 2.48. The summed E-state index contributed by atoms with van der Waals surface area (Å²) in [7, 11) is 0. The predicted molar refractivity (Wildman–Crippen MR) is 44.5 cm³/mol. The summed E-state index contributed by atoms with van der Waals surface area (Å²) in [6.07, 6.45) is 3.26. The summed E-state index contributed by atoms with van der Waals surface area (Å²) in [6.45, 7) is 0. The Balaban J connectivity index is 2.89. The molecule has 0 aliphatic rings. The Morgan fingerprint density at radius 2 is 2.38 bits per heavy atom. The van der Waals surface area contributed by atoms with Crippen LogP contribution in [0, 0.1) is 0 Å². The highest BCUT2D eigenvalue weighted by atomic mass is 16.3. The highest BCUT2D eigenvalue weighted by Gasteiger charge is 2.07. The third-order valence-electron chi connectivity index (χ3n) is 1.65. The molecule has 2 rings (SSSR count). The number of fused-ring (bicyclic) bond motifs is 1. The van der Waals surface area contributed by atoms with Crippen LogP contribution in [0.3, 0.4) is 0 Å². The fourth-order valence-electron chi connectivity index (χ4n) is 1.10. The molecule has 0 aliphatic heterocycles. The van der Waals surface area contributed by atoms with E-state index in [4.69, 9.17) is 10.8 Å². The number of nitrogen functional groups attached to an aromatic ring is 1. The molecule has 0 atom stereocenters. The lowest BCUT2D eigenvalue weighted by Gasteiger charge is -1.98. The quantitative estimate of drug-likeness (QED) is 0.591. The van der Waals surface area contributed by atoms with Gasteiger partial charge in [0.2, 0.25) is 5.88 Å². The molecule has 0 bridgehead atoms. The van der Waals surface area contributed by atoms with E-state index in [0.717, 1.165) is 0 Å². The zero-order valence-electron chi connectivity index (χ0n) is 6.51. The van der Waals surface area contributed by atoms with Crippen molar-refractivity contribution in [1.29, 1.82) is 0 Å². The summed E-state index contributed by atoms with van der Waals surface area (Å²) in [4.78, 5) is 17.9. The van der Waals surface area contributed by atoms with Gasteiger partial charge in [0, 0.05) is 0 Å². The first kappa shape index (κ1) is 7.53. The molecule has 0 fully saturated rings. The van der Waals surface area contributed by atoms with Crippen molar-refractivity contribution in [2.45, 2.75) is 0 Å². The molecule has 6 nitrogen and oxygen atoms in total. The summed E-state index contributed by atoms with van der Waals surface area (Å²) in [5.41, 5.74) is 6.13. The SMILES string of the molecule is Nc1nc(O)cn2c(C=O)cnc12. The average Bonchev–Trinajstić information content (AvgIpc) is 2.47. The van der Waals surface area contributed by atoms with Crippen LogP contribution in [-0.2, 0) is 0 Å². The molecule has 2 heterocycles. The second kappa shape index (κ2) is 2.44. The van der Waals surface area contributed by atoms with Crippen molar-refractivity contribution >= 4 is 17.8 Å². The van der Waals surface area contributed by atoms with Gasteiger partial charge in [0.15, 0.2) is 17.8 Å². The summed E-state index contributed by atoms with van der Waals surface area (Å²) < 4.78 is 1.38. The van der Waals surface area contributed by atoms with Crippen LogP contribution >= 0.6 is 0 Å². The number of carbonyl (C=O) groups excluding carboxylic acids is 1. The van der Waals surface area contributed by atoms with Gasteiger partial charge in [-0.3, -0.25) is 9.20 Å². The zero-order valence-corrected chi connectivity index (χ0v) is 6.51. The lowest BCUT2D eigenvalue weighted by atomic mass is 10.5. The van der Waals surface area contributed by atoms with Crippen LogP contribution in [0.15, 0.2) is 12.4 Å². The first-order valence-electron chi connectivity index (χ1n) is 3.50. The molecule has 2 aromatic rings. The third-order valence-corrected chi connectivity index (χ3v) is 1.65. The molecule has 0 saturated carbocycles. The number of nitrogens with two attached hydrogens (primary N) is 1. The Labute approximate surface area is 72.6 Å². The van der Waals surface area contributed by atoms with Crippen molar-refractivity contribution < 1.29 is 9.90 Å². The van der Waals surface area contributed by atoms with Crippen LogP contribution in [0.25, 0.3) is 5.65 Å². The smallest absolute Gasteiger partial charge is 0.230 e. The number of aromatic hydroxyl groups is 1. The third kappa shape index (κ3) is 0.994. The van der Waals surface area contributed by atoms with Crippen molar-refractivity contribution in [2.24, 2.45) is 0 Å². The van der Waals surface area contributed by atoms with Crippen LogP contribution in [0.1, 0.15) is 10.5 Å². The summed E-state index contributed by atoms with van der Waals surface area (Å²) in [5, 5.41) is 9.09. The molecule has 3 N–H and O–H groups in total. The van der Waals surface area contributed by atoms with Crippen molar-refractivity contribution in [1.82, 2.24) is 14.4 Å². The number of nitrogens with zero attached hydrogens (tertiary/aromatic N) is 3. The largest absolute Gasteiger partial charge is 0.492 e. The fraction of sp³-hybridized carbons (Fsp3) is 0. The van der Waals surface area contributed by atoms with E-state index in [9.17, 15) is 4.79 Å². The van der Waals surface area contributed by atoms with Crippen LogP contribution in [0.4, 0.5) is 5.82 Å². The molecule has 0 radical (unpaired) electrons. The predicted octanol–water partition coefficient (Wildman–Crippen LogP) is -0.170. The molecule has 13 heavy (non-hydrogen) atoms. The zero-order chi connectivity index (χ0) is 9.42. The number of carbonyl (C=O) groups is 1. The van der Waals surface area contributed by atoms with Gasteiger partial charge in [0.1, 0.15) is 5.69 Å². The minimum atomic E-state index is -0.244. The Bertz CT molecular complexity index is 477. The Morgan fingerprint density at radius 3 is 3.08 bits per heavy atom. The van der Waals surface area contributed by atoms with Gasteiger partial charge >= 0.3 is 0 Å². The van der Waals surface area contributed by atoms with E-state index in [2.05, 4.69) is 9.97 Å². The molecule has 2 aromatic heterocycles. The molecule has 0 amide bonds. The number of anilines is 1. The van der Waals surface area contributed by atoms with Gasteiger partial charge in [-0.05, 0) is 0 Å². The molecule has 0 aliphatic carbocycles. The van der Waals surface area contributed by atoms with Gasteiger partial charge in [-0.15, -0.1) is 0 Å². The Hall–Kier alpha value is -2.11. The lowest BCUT2D eigenvalue weighted by Crippen LogP contribution is -1.98. The molecular weight excluding hydrogens is 172 g/mol. The molecule has 6 heteroatoms. The van der Waals surface area contributed by atoms with Crippen molar-refractivity contribution in [3.8, 4) is 5.88 Å². The number of aldehydes is 1. The van der Waals surface area contributed by atoms with Crippen LogP contribution < -0.4 is 5.73 Å². The first-order valence-corrected chi connectivity index (χ1v) is 3.50. The van der Waals surface area contributed by atoms with Crippen molar-refractivity contribution in [3.63, 3.8) is 0 Å². The minimum absolute atomic E-state index is 0.0908. The molecular formula is C7H6N4O2. The van der Waals surface area contributed by atoms with Gasteiger partial charge in [-0.2, -0.15) is 4.98 Å². The maximum atomic E-state index is 10.5. The number of imidazole rings is 1. The van der Waals surface area contributed by atoms with Crippen LogP contribution in [0.5, 0.6) is 5.88 Å². The number of rotatable bonds is 1. The van der Waals surface area contributed by atoms with Gasteiger partial charge < -0.3 is 10.8 Å². The maximum absolute atomic E-state index is 10.5. The maximum Gasteiger partial charge on any atom is 0.230 e. The van der Waals surface area contributed by atoms with E-state index < -0.39 is 0 Å². The van der Waals surface area contributed by atoms with Gasteiger partial charge in [-0.1, -0.05) is 0 Å². The number of aromatic nitrogens is 3. The highest BCUT2D eigenvalue weighted by molar-refractivity contribution is 5.76. The topological polar surface area (TPSA) is 93.5 Å². The minimum Gasteiger partial charge on any atom is -0.492 e. The molecule has 0 aromatic carbocycles. The monoisotopic (exact) mass is 178 g/mol. The van der Waals surface area contributed by atoms with Gasteiger partial charge in [-0.25, -0.2) is 4.98 Å². The second-order valence-electron chi connectivity index (χ2n) is 2.48. The Kier molecular flexibility index (Phi) is 1.42. The van der Waals surface area contributed by atoms with E-state index in [1.54, 1.807) is 0 Å². The molecule has 0 saturated heterocycles.